The minimum absolute atomic E-state index is 0. The fraction of sp³-hybridized carbons (Fsp3) is 0.115. The first-order valence-corrected chi connectivity index (χ1v) is 26.4. The van der Waals surface area contributed by atoms with E-state index in [4.69, 9.17) is 67.8 Å². The Labute approximate surface area is 611 Å². The molecule has 3 heterocycles. The Bertz CT molecular complexity index is 3720. The third-order valence-corrected chi connectivity index (χ3v) is 12.0. The molecular weight excluding hydrogens is 1240 g/mol. The van der Waals surface area contributed by atoms with Crippen molar-refractivity contribution in [2.45, 2.75) is 47.5 Å². The van der Waals surface area contributed by atoms with E-state index in [0.29, 0.717) is 75.1 Å². The molecule has 0 unspecified atom stereocenters. The van der Waals surface area contributed by atoms with Gasteiger partial charge in [-0.3, -0.25) is 28.8 Å². The summed E-state index contributed by atoms with van der Waals surface area (Å²) in [6.45, 7) is 19.5. The van der Waals surface area contributed by atoms with E-state index < -0.39 is 11.8 Å². The van der Waals surface area contributed by atoms with Crippen molar-refractivity contribution in [1.82, 2.24) is 29.9 Å². The van der Waals surface area contributed by atoms with Crippen molar-refractivity contribution >= 4 is 122 Å². The van der Waals surface area contributed by atoms with Crippen LogP contribution in [0.2, 0.25) is 15.7 Å². The number of aryl methyl sites for hydroxylation is 5. The van der Waals surface area contributed by atoms with Crippen molar-refractivity contribution < 1.29 is 143 Å². The van der Waals surface area contributed by atoms with Crippen LogP contribution in [-0.4, -0.2) is 65.7 Å². The molecule has 0 saturated heterocycles. The molecule has 0 atom stereocenters. The SMILES string of the molecule is C=CC(=O)Cc1ccccc1N.C=CC(=O)Cc1ccccc1Nc1nc(Cl)ncc1C.C=CC(=O)Nc1ccccc1Nc1nc(Nc2cc(C(N)=O)ccc2C)ncc1C.Cc1ccc(C(N)=O)cc1N.Cc1cnc(Cl)nc1Cl.O=CO[O-].[H-].[K+].[K+]. The third-order valence-electron chi connectivity index (χ3n) is 11.3. The number of carbonyl (C=O) groups is 6. The van der Waals surface area contributed by atoms with Gasteiger partial charge in [-0.25, -0.2) is 24.9 Å². The Hall–Kier alpha value is -7.12. The summed E-state index contributed by atoms with van der Waals surface area (Å²) < 4.78 is 0. The Morgan fingerprint density at radius 3 is 1.53 bits per heavy atom. The molecule has 8 rings (SSSR count). The first-order chi connectivity index (χ1) is 40.9. The topological polar surface area (TPSA) is 364 Å². The zero-order chi connectivity index (χ0) is 63.9. The van der Waals surface area contributed by atoms with Gasteiger partial charge >= 0.3 is 103 Å². The van der Waals surface area contributed by atoms with Crippen LogP contribution in [0, 0.1) is 34.6 Å². The number of hydrogen-bond acceptors (Lipinski definition) is 19. The molecule has 22 nitrogen and oxygen atoms in total. The molecule has 448 valence electrons. The standard InChI is InChI=1S/C22H22N6O2.C15H14ClN3O.C10H11NO.C8H10N2O.C5H4Cl2N2.CH2O3.2K.H/c1-4-19(29)25-16-7-5-6-8-17(16)26-21-14(3)12-24-22(28-21)27-18-11-15(20(23)30)10-9-13(18)2;1-3-12(20)8-11-6-4-5-7-13(11)18-14-10(2)9-17-15(16)19-14;1-2-9(12)7-8-5-3-4-6-10(8)11;1-5-2-3-6(8(10)11)4-7(5)9;1-3-2-8-5(7)9-4(3)6;2-1-4-3;;;/h4-12H,1H2,2-3H3,(H2,23,30)(H,25,29)(H2,24,26,27,28);3-7,9H,1,8H2,2H3,(H,17,18,19);2-6H,1,7,11H2;2-4H,9H2,1H3,(H2,10,11);2H,1H3;1,3H;;;/q;;;;;;2*+1;-1/p-1. The smallest absolute Gasteiger partial charge is 1.00 e. The number of nitrogen functional groups attached to an aromatic ring is 2. The average molecular weight is 1300 g/mol. The van der Waals surface area contributed by atoms with Crippen LogP contribution in [-0.2, 0) is 36.9 Å². The van der Waals surface area contributed by atoms with Gasteiger partial charge in [-0.15, -0.1) is 0 Å². The van der Waals surface area contributed by atoms with Crippen LogP contribution in [0.1, 0.15) is 61.1 Å². The molecule has 0 aliphatic rings. The second-order valence-electron chi connectivity index (χ2n) is 17.7. The quantitative estimate of drug-likeness (QED) is 0.00926. The van der Waals surface area contributed by atoms with Gasteiger partial charge in [0.1, 0.15) is 16.8 Å². The number of primary amides is 2. The van der Waals surface area contributed by atoms with Crippen LogP contribution in [0.4, 0.5) is 51.7 Å². The molecule has 3 amide bonds. The van der Waals surface area contributed by atoms with Gasteiger partial charge in [-0.05, 0) is 147 Å². The number of nitrogens with one attached hydrogen (secondary N) is 4. The summed E-state index contributed by atoms with van der Waals surface area (Å²) in [6, 6.07) is 32.3. The minimum Gasteiger partial charge on any atom is -1.00 e. The Balaban J connectivity index is 0.00000114. The van der Waals surface area contributed by atoms with Gasteiger partial charge in [-0.2, -0.15) is 4.98 Å². The van der Waals surface area contributed by atoms with Crippen molar-refractivity contribution in [3.05, 3.63) is 232 Å². The monoisotopic (exact) mass is 1300 g/mol. The summed E-state index contributed by atoms with van der Waals surface area (Å²) in [7, 11) is 0. The number of rotatable bonds is 17. The van der Waals surface area contributed by atoms with Gasteiger partial charge in [-0.1, -0.05) is 92.0 Å². The van der Waals surface area contributed by atoms with Crippen molar-refractivity contribution in [2.24, 2.45) is 11.5 Å². The average Bonchev–Trinajstić information content (AvgIpc) is 1.74. The number of nitrogens with zero attached hydrogens (tertiary/aromatic N) is 6. The number of aromatic nitrogens is 6. The Morgan fingerprint density at radius 1 is 0.545 bits per heavy atom. The van der Waals surface area contributed by atoms with Gasteiger partial charge in [0.05, 0.1) is 11.4 Å². The third kappa shape index (κ3) is 28.4. The van der Waals surface area contributed by atoms with E-state index in [2.05, 4.69) is 75.8 Å². The molecule has 12 N–H and O–H groups in total. The van der Waals surface area contributed by atoms with E-state index in [1.807, 2.05) is 95.3 Å². The molecule has 0 aliphatic heterocycles. The van der Waals surface area contributed by atoms with Gasteiger partial charge in [0.25, 0.3) is 6.47 Å². The number of ketones is 2. The minimum atomic E-state index is -0.511. The number of para-hydroxylation sites is 4. The zero-order valence-electron chi connectivity index (χ0n) is 50.4. The second-order valence-corrected chi connectivity index (χ2v) is 18.7. The van der Waals surface area contributed by atoms with Crippen molar-refractivity contribution in [2.75, 3.05) is 32.7 Å². The first-order valence-electron chi connectivity index (χ1n) is 25.2. The van der Waals surface area contributed by atoms with Crippen LogP contribution < -0.4 is 152 Å². The molecule has 0 aliphatic carbocycles. The largest absolute Gasteiger partial charge is 1.00 e. The van der Waals surface area contributed by atoms with Gasteiger partial charge in [0.15, 0.2) is 11.6 Å². The van der Waals surface area contributed by atoms with Crippen LogP contribution in [0.5, 0.6) is 0 Å². The summed E-state index contributed by atoms with van der Waals surface area (Å²) in [5, 5.41) is 21.5. The van der Waals surface area contributed by atoms with Gasteiger partial charge < -0.3 is 55.8 Å². The molecule has 5 aromatic carbocycles. The molecule has 0 fully saturated rings. The van der Waals surface area contributed by atoms with Crippen molar-refractivity contribution in [3.8, 4) is 0 Å². The number of nitrogens with two attached hydrogens (primary N) is 4. The summed E-state index contributed by atoms with van der Waals surface area (Å²) in [5.41, 5.74) is 32.6. The van der Waals surface area contributed by atoms with E-state index in [1.165, 1.54) is 18.2 Å². The molecule has 0 bridgehead atoms. The molecule has 0 radical (unpaired) electrons. The number of carbonyl (C=O) groups excluding carboxylic acids is 6. The van der Waals surface area contributed by atoms with E-state index in [0.717, 1.165) is 44.6 Å². The Kier molecular flexibility index (Phi) is 37.6. The number of amides is 3. The first kappa shape index (κ1) is 78.9. The summed E-state index contributed by atoms with van der Waals surface area (Å²) >= 11 is 16.8. The van der Waals surface area contributed by atoms with E-state index in [-0.39, 0.29) is 139 Å². The second kappa shape index (κ2) is 41.9. The normalized spacial score (nSPS) is 9.47. The fourth-order valence-electron chi connectivity index (χ4n) is 6.55. The fourth-order valence-corrected chi connectivity index (χ4v) is 6.99. The number of allylic oxidation sites excluding steroid dienone is 2. The zero-order valence-corrected chi connectivity index (χ0v) is 57.9. The molecule has 8 aromatic rings. The van der Waals surface area contributed by atoms with E-state index in [9.17, 15) is 24.0 Å². The maximum Gasteiger partial charge on any atom is 1.00 e. The van der Waals surface area contributed by atoms with Gasteiger partial charge in [0.2, 0.25) is 34.2 Å². The Morgan fingerprint density at radius 2 is 1.01 bits per heavy atom. The molecular formula is C61H63Cl3K2N14O8. The molecule has 27 heteroatoms. The number of hydrogen-bond donors (Lipinski definition) is 8. The molecule has 88 heavy (non-hydrogen) atoms. The van der Waals surface area contributed by atoms with Gasteiger partial charge in [0, 0.05) is 82.0 Å². The number of anilines is 9. The van der Waals surface area contributed by atoms with Crippen LogP contribution in [0.15, 0.2) is 166 Å². The van der Waals surface area contributed by atoms with E-state index >= 15 is 0 Å². The van der Waals surface area contributed by atoms with Crippen molar-refractivity contribution in [1.29, 1.82) is 0 Å². The number of benzene rings is 5. The maximum atomic E-state index is 11.7. The molecule has 0 spiro atoms. The molecule has 0 saturated carbocycles. The summed E-state index contributed by atoms with van der Waals surface area (Å²) in [4.78, 5) is 91.8. The predicted octanol–water partition coefficient (Wildman–Crippen LogP) is 4.17. The van der Waals surface area contributed by atoms with Crippen molar-refractivity contribution in [3.63, 3.8) is 0 Å². The summed E-state index contributed by atoms with van der Waals surface area (Å²) in [5.74, 6) is 0.237. The molecule has 3 aromatic heterocycles. The number of halogens is 3. The van der Waals surface area contributed by atoms with Crippen LogP contribution in [0.3, 0.4) is 0 Å². The maximum absolute atomic E-state index is 11.7. The van der Waals surface area contributed by atoms with Crippen LogP contribution >= 0.6 is 34.8 Å². The summed E-state index contributed by atoms with van der Waals surface area (Å²) in [6.07, 6.45) is 9.39. The predicted molar refractivity (Wildman–Crippen MR) is 338 cm³/mol. The van der Waals surface area contributed by atoms with E-state index in [1.54, 1.807) is 67.1 Å². The van der Waals surface area contributed by atoms with Crippen LogP contribution in [0.25, 0.3) is 0 Å².